The molecule has 2 aromatic rings. The predicted molar refractivity (Wildman–Crippen MR) is 108 cm³/mol. The van der Waals surface area contributed by atoms with Crippen molar-refractivity contribution < 1.29 is 30.0 Å². The van der Waals surface area contributed by atoms with E-state index in [2.05, 4.69) is 5.16 Å². The number of aliphatic hydroxyl groups is 3. The Kier molecular flexibility index (Phi) is 7.10. The van der Waals surface area contributed by atoms with Gasteiger partial charge in [-0.25, -0.2) is 0 Å². The molecule has 0 amide bonds. The molecule has 1 fully saturated rings. The van der Waals surface area contributed by atoms with Crippen LogP contribution in [0.25, 0.3) is 0 Å². The van der Waals surface area contributed by atoms with Gasteiger partial charge in [0.15, 0.2) is 0 Å². The first-order chi connectivity index (χ1) is 13.9. The topological polar surface area (TPSA) is 112 Å². The Hall–Kier alpha value is -2.16. The van der Waals surface area contributed by atoms with Gasteiger partial charge in [0, 0.05) is 5.02 Å². The van der Waals surface area contributed by atoms with E-state index in [-0.39, 0.29) is 0 Å². The number of oxime groups is 1. The molecule has 0 radical (unpaired) electrons. The minimum atomic E-state index is -1.46. The summed E-state index contributed by atoms with van der Waals surface area (Å²) in [5.74, 6) is 0.791. The van der Waals surface area contributed by atoms with Crippen LogP contribution in [0.2, 0.25) is 5.02 Å². The molecule has 156 valence electrons. The molecule has 1 heterocycles. The zero-order valence-corrected chi connectivity index (χ0v) is 16.6. The Balaban J connectivity index is 1.84. The van der Waals surface area contributed by atoms with Crippen LogP contribution in [0.15, 0.2) is 47.6 Å². The number of aliphatic hydroxyl groups excluding tert-OH is 3. The Bertz CT molecular complexity index is 844. The summed E-state index contributed by atoms with van der Waals surface area (Å²) in [6.07, 6.45) is -4.68. The van der Waals surface area contributed by atoms with E-state index in [1.54, 1.807) is 18.2 Å². The smallest absolute Gasteiger partial charge is 0.125 e. The Morgan fingerprint density at radius 2 is 1.79 bits per heavy atom. The van der Waals surface area contributed by atoms with Gasteiger partial charge in [-0.3, -0.25) is 0 Å². The lowest BCUT2D eigenvalue weighted by molar-refractivity contribution is -0.205. The van der Waals surface area contributed by atoms with Crippen LogP contribution in [0.1, 0.15) is 29.7 Å². The van der Waals surface area contributed by atoms with Crippen LogP contribution >= 0.6 is 11.6 Å². The van der Waals surface area contributed by atoms with Gasteiger partial charge in [-0.2, -0.15) is 0 Å². The molecule has 0 spiro atoms. The van der Waals surface area contributed by atoms with Crippen LogP contribution in [0.3, 0.4) is 0 Å². The first kappa shape index (κ1) is 21.5. The molecule has 0 aliphatic carbocycles. The molecular weight excluding hydrogens is 398 g/mol. The summed E-state index contributed by atoms with van der Waals surface area (Å²) in [7, 11) is 0. The third-order valence-corrected chi connectivity index (χ3v) is 5.26. The summed E-state index contributed by atoms with van der Waals surface area (Å²) in [5.41, 5.74) is 2.43. The fourth-order valence-electron chi connectivity index (χ4n) is 3.37. The maximum atomic E-state index is 10.4. The van der Waals surface area contributed by atoms with Gasteiger partial charge in [-0.05, 0) is 48.2 Å². The van der Waals surface area contributed by atoms with Gasteiger partial charge >= 0.3 is 0 Å². The minimum Gasteiger partial charge on any atom is -0.494 e. The van der Waals surface area contributed by atoms with Crippen molar-refractivity contribution in [1.82, 2.24) is 0 Å². The number of ether oxygens (including phenoxy) is 2. The van der Waals surface area contributed by atoms with Crippen molar-refractivity contribution in [3.8, 4) is 5.75 Å². The van der Waals surface area contributed by atoms with E-state index >= 15 is 0 Å². The van der Waals surface area contributed by atoms with Gasteiger partial charge in [-0.1, -0.05) is 41.0 Å². The second-order valence-electron chi connectivity index (χ2n) is 6.86. The van der Waals surface area contributed by atoms with Crippen LogP contribution in [-0.4, -0.2) is 57.8 Å². The van der Waals surface area contributed by atoms with Gasteiger partial charge in [0.2, 0.25) is 0 Å². The van der Waals surface area contributed by atoms with E-state index < -0.39 is 30.5 Å². The quantitative estimate of drug-likeness (QED) is 0.323. The monoisotopic (exact) mass is 421 g/mol. The number of hydrogen-bond donors (Lipinski definition) is 4. The van der Waals surface area contributed by atoms with Gasteiger partial charge in [0.25, 0.3) is 0 Å². The van der Waals surface area contributed by atoms with Crippen LogP contribution in [0.5, 0.6) is 5.75 Å². The maximum absolute atomic E-state index is 10.4. The molecule has 0 aromatic heterocycles. The number of benzene rings is 2. The zero-order valence-electron chi connectivity index (χ0n) is 15.9. The summed E-state index contributed by atoms with van der Waals surface area (Å²) in [4.78, 5) is 0. The van der Waals surface area contributed by atoms with E-state index in [0.29, 0.717) is 23.6 Å². The highest BCUT2D eigenvalue weighted by Crippen LogP contribution is 2.34. The Labute approximate surface area is 173 Å². The molecule has 0 unspecified atom stereocenters. The minimum absolute atomic E-state index is 0.550. The van der Waals surface area contributed by atoms with Crippen molar-refractivity contribution in [3.63, 3.8) is 0 Å². The summed E-state index contributed by atoms with van der Waals surface area (Å²) in [6.45, 7) is 2.52. The number of rotatable bonds is 6. The molecule has 4 N–H and O–H groups in total. The Morgan fingerprint density at radius 3 is 2.45 bits per heavy atom. The van der Waals surface area contributed by atoms with E-state index in [1.807, 2.05) is 31.2 Å². The molecular formula is C21H24ClNO6. The molecule has 3 rings (SSSR count). The first-order valence-electron chi connectivity index (χ1n) is 9.31. The molecule has 7 nitrogen and oxygen atoms in total. The van der Waals surface area contributed by atoms with Crippen molar-refractivity contribution in [2.24, 2.45) is 5.16 Å². The normalized spacial score (nSPS) is 27.3. The summed E-state index contributed by atoms with van der Waals surface area (Å²) >= 11 is 6.36. The highest BCUT2D eigenvalue weighted by atomic mass is 35.5. The van der Waals surface area contributed by atoms with E-state index in [4.69, 9.17) is 26.3 Å². The van der Waals surface area contributed by atoms with E-state index in [0.717, 1.165) is 23.1 Å². The van der Waals surface area contributed by atoms with Crippen molar-refractivity contribution in [2.45, 2.75) is 43.9 Å². The lowest BCUT2D eigenvalue weighted by Gasteiger charge is -2.39. The number of nitrogens with zero attached hydrogens (tertiary/aromatic N) is 1. The predicted octanol–water partition coefficient (Wildman–Crippen LogP) is 2.31. The zero-order chi connectivity index (χ0) is 21.0. The largest absolute Gasteiger partial charge is 0.494 e. The molecule has 29 heavy (non-hydrogen) atoms. The highest BCUT2D eigenvalue weighted by Gasteiger charge is 2.43. The second kappa shape index (κ2) is 9.56. The van der Waals surface area contributed by atoms with Crippen LogP contribution in [-0.2, 0) is 11.2 Å². The lowest BCUT2D eigenvalue weighted by Crippen LogP contribution is -2.54. The molecule has 2 aromatic carbocycles. The third-order valence-electron chi connectivity index (χ3n) is 4.89. The van der Waals surface area contributed by atoms with Crippen LogP contribution < -0.4 is 4.74 Å². The molecule has 8 heteroatoms. The molecule has 1 saturated heterocycles. The van der Waals surface area contributed by atoms with Crippen molar-refractivity contribution in [3.05, 3.63) is 64.2 Å². The maximum Gasteiger partial charge on any atom is 0.125 e. The molecule has 0 bridgehead atoms. The third kappa shape index (κ3) is 4.88. The van der Waals surface area contributed by atoms with Crippen LogP contribution in [0, 0.1) is 0 Å². The molecule has 0 saturated carbocycles. The van der Waals surface area contributed by atoms with Gasteiger partial charge in [0.1, 0.15) is 36.3 Å². The molecule has 1 aliphatic heterocycles. The number of hydrogen-bond acceptors (Lipinski definition) is 7. The summed E-state index contributed by atoms with van der Waals surface area (Å²) < 4.78 is 11.1. The number of halogens is 1. The second-order valence-corrected chi connectivity index (χ2v) is 7.27. The van der Waals surface area contributed by atoms with Crippen molar-refractivity contribution in [1.29, 1.82) is 0 Å². The Morgan fingerprint density at radius 1 is 1.07 bits per heavy atom. The SMILES string of the molecule is CCOc1ccc(Cc2cc([C@@H]3O[C@H](/C=N/O)[C@@H](O)[C@H](O)[C@H]3O)ccc2Cl)cc1. The first-order valence-corrected chi connectivity index (χ1v) is 9.69. The molecule has 5 atom stereocenters. The lowest BCUT2D eigenvalue weighted by atomic mass is 9.90. The standard InChI is InChI=1S/C21H24ClNO6/c1-2-28-15-6-3-12(4-7-15)9-14-10-13(5-8-16(14)22)21-20(26)19(25)18(24)17(29-21)11-23-27/h3-8,10-11,17-21,24-27H,2,9H2,1H3/b23-11+/t17-,18-,19+,20-,21+/m1/s1. The molecule has 1 aliphatic rings. The van der Waals surface area contributed by atoms with Gasteiger partial charge < -0.3 is 30.0 Å². The van der Waals surface area contributed by atoms with Gasteiger partial charge in [0.05, 0.1) is 12.8 Å². The fraction of sp³-hybridized carbons (Fsp3) is 0.381. The van der Waals surface area contributed by atoms with Crippen LogP contribution in [0.4, 0.5) is 0 Å². The fourth-order valence-corrected chi connectivity index (χ4v) is 3.55. The summed E-state index contributed by atoms with van der Waals surface area (Å²) in [5, 5.41) is 42.7. The van der Waals surface area contributed by atoms with Crippen molar-refractivity contribution >= 4 is 17.8 Å². The van der Waals surface area contributed by atoms with Gasteiger partial charge in [-0.15, -0.1) is 0 Å². The summed E-state index contributed by atoms with van der Waals surface area (Å²) in [6, 6.07) is 12.9. The van der Waals surface area contributed by atoms with E-state index in [1.165, 1.54) is 0 Å². The average molecular weight is 422 g/mol. The van der Waals surface area contributed by atoms with E-state index in [9.17, 15) is 15.3 Å². The highest BCUT2D eigenvalue weighted by molar-refractivity contribution is 6.31. The van der Waals surface area contributed by atoms with Crippen molar-refractivity contribution in [2.75, 3.05) is 6.61 Å². The average Bonchev–Trinajstić information content (AvgIpc) is 2.72.